The number of nitrogens with zero attached hydrogens (tertiary/aromatic N) is 1. The number of rotatable bonds is 4. The SMILES string of the molecule is O=C(O)c1ccccc1Nc1ccc(O)c2c1C(=O)c1c([N+](=O)[O-])ccc(O)c1C2=O. The molecule has 10 heteroatoms. The van der Waals surface area contributed by atoms with Crippen LogP contribution in [0, 0.1) is 10.1 Å². The average molecular weight is 420 g/mol. The minimum Gasteiger partial charge on any atom is -0.507 e. The quantitative estimate of drug-likeness (QED) is 0.220. The van der Waals surface area contributed by atoms with E-state index in [4.69, 9.17) is 0 Å². The smallest absolute Gasteiger partial charge is 0.337 e. The molecular weight excluding hydrogens is 408 g/mol. The van der Waals surface area contributed by atoms with Gasteiger partial charge in [0.15, 0.2) is 0 Å². The molecule has 31 heavy (non-hydrogen) atoms. The summed E-state index contributed by atoms with van der Waals surface area (Å²) in [7, 11) is 0. The number of aromatic carboxylic acids is 1. The summed E-state index contributed by atoms with van der Waals surface area (Å²) in [5.74, 6) is -4.40. The molecule has 1 aliphatic rings. The molecule has 0 aliphatic heterocycles. The third-order valence-electron chi connectivity index (χ3n) is 4.88. The van der Waals surface area contributed by atoms with Crippen molar-refractivity contribution in [2.24, 2.45) is 0 Å². The molecule has 0 fully saturated rings. The summed E-state index contributed by atoms with van der Waals surface area (Å²) < 4.78 is 0. The Morgan fingerprint density at radius 2 is 1.39 bits per heavy atom. The molecule has 0 aromatic heterocycles. The molecule has 4 rings (SSSR count). The second kappa shape index (κ2) is 6.95. The van der Waals surface area contributed by atoms with Crippen molar-refractivity contribution in [3.63, 3.8) is 0 Å². The molecule has 0 amide bonds. The Labute approximate surface area is 173 Å². The monoisotopic (exact) mass is 420 g/mol. The van der Waals surface area contributed by atoms with Crippen LogP contribution < -0.4 is 5.32 Å². The van der Waals surface area contributed by atoms with Crippen molar-refractivity contribution in [2.75, 3.05) is 5.32 Å². The maximum Gasteiger partial charge on any atom is 0.337 e. The van der Waals surface area contributed by atoms with E-state index < -0.39 is 56.3 Å². The van der Waals surface area contributed by atoms with Crippen molar-refractivity contribution < 1.29 is 34.6 Å². The Kier molecular flexibility index (Phi) is 4.39. The van der Waals surface area contributed by atoms with Gasteiger partial charge in [0.1, 0.15) is 17.1 Å². The summed E-state index contributed by atoms with van der Waals surface area (Å²) in [6, 6.07) is 10.00. The first-order valence-electron chi connectivity index (χ1n) is 8.77. The molecule has 0 unspecified atom stereocenters. The number of benzene rings is 3. The van der Waals surface area contributed by atoms with Crippen LogP contribution in [-0.4, -0.2) is 37.8 Å². The molecule has 0 bridgehead atoms. The lowest BCUT2D eigenvalue weighted by atomic mass is 9.81. The number of nitrogens with one attached hydrogen (secondary N) is 1. The summed E-state index contributed by atoms with van der Waals surface area (Å²) in [5.41, 5.74) is -2.76. The van der Waals surface area contributed by atoms with Gasteiger partial charge in [0.05, 0.1) is 38.6 Å². The van der Waals surface area contributed by atoms with Crippen LogP contribution in [0.5, 0.6) is 11.5 Å². The van der Waals surface area contributed by atoms with Crippen molar-refractivity contribution in [2.45, 2.75) is 0 Å². The van der Waals surface area contributed by atoms with Gasteiger partial charge in [0, 0.05) is 6.07 Å². The number of anilines is 2. The first-order chi connectivity index (χ1) is 14.7. The second-order valence-electron chi connectivity index (χ2n) is 6.63. The van der Waals surface area contributed by atoms with E-state index in [1.807, 2.05) is 0 Å². The van der Waals surface area contributed by atoms with Gasteiger partial charge in [-0.2, -0.15) is 0 Å². The van der Waals surface area contributed by atoms with E-state index in [-0.39, 0.29) is 22.5 Å². The number of hydrogen-bond donors (Lipinski definition) is 4. The number of aromatic hydroxyl groups is 2. The van der Waals surface area contributed by atoms with Crippen molar-refractivity contribution in [1.82, 2.24) is 0 Å². The molecule has 3 aromatic carbocycles. The van der Waals surface area contributed by atoms with Crippen LogP contribution in [-0.2, 0) is 0 Å². The average Bonchev–Trinajstić information content (AvgIpc) is 2.72. The van der Waals surface area contributed by atoms with Gasteiger partial charge in [0.2, 0.25) is 11.6 Å². The Bertz CT molecular complexity index is 1330. The first-order valence-corrected chi connectivity index (χ1v) is 8.77. The van der Waals surface area contributed by atoms with Crippen LogP contribution >= 0.6 is 0 Å². The highest BCUT2D eigenvalue weighted by molar-refractivity contribution is 6.33. The predicted molar refractivity (Wildman–Crippen MR) is 106 cm³/mol. The minimum atomic E-state index is -1.25. The van der Waals surface area contributed by atoms with Crippen molar-refractivity contribution in [3.8, 4) is 11.5 Å². The standard InChI is InChI=1S/C21H12N2O8/c24-13-7-5-11(22-10-4-2-1-3-9(10)21(28)29)15-17(13)20(27)18-14(25)8-6-12(23(30)31)16(18)19(15)26/h1-8,22,24-25H,(H,28,29). The fraction of sp³-hybridized carbons (Fsp3) is 0. The van der Waals surface area contributed by atoms with E-state index in [1.165, 1.54) is 24.3 Å². The lowest BCUT2D eigenvalue weighted by molar-refractivity contribution is -0.385. The molecule has 4 N–H and O–H groups in total. The summed E-state index contributed by atoms with van der Waals surface area (Å²) >= 11 is 0. The number of hydrogen-bond acceptors (Lipinski definition) is 8. The maximum atomic E-state index is 13.3. The number of para-hydroxylation sites is 1. The van der Waals surface area contributed by atoms with E-state index in [9.17, 15) is 39.8 Å². The molecule has 0 radical (unpaired) electrons. The Morgan fingerprint density at radius 3 is 2.03 bits per heavy atom. The summed E-state index contributed by atoms with van der Waals surface area (Å²) in [6.45, 7) is 0. The highest BCUT2D eigenvalue weighted by Gasteiger charge is 2.40. The molecule has 3 aromatic rings. The van der Waals surface area contributed by atoms with E-state index in [1.54, 1.807) is 6.07 Å². The van der Waals surface area contributed by atoms with Gasteiger partial charge in [-0.05, 0) is 30.3 Å². The van der Waals surface area contributed by atoms with Crippen LogP contribution in [0.4, 0.5) is 17.1 Å². The zero-order chi connectivity index (χ0) is 22.4. The summed E-state index contributed by atoms with van der Waals surface area (Å²) in [4.78, 5) is 48.4. The van der Waals surface area contributed by atoms with Gasteiger partial charge >= 0.3 is 5.97 Å². The molecule has 1 aliphatic carbocycles. The normalized spacial score (nSPS) is 12.1. The van der Waals surface area contributed by atoms with Crippen molar-refractivity contribution in [3.05, 3.63) is 86.5 Å². The third kappa shape index (κ3) is 2.94. The number of fused-ring (bicyclic) bond motifs is 2. The number of ketones is 2. The van der Waals surface area contributed by atoms with Crippen LogP contribution in [0.1, 0.15) is 42.2 Å². The van der Waals surface area contributed by atoms with Gasteiger partial charge in [-0.25, -0.2) is 4.79 Å². The fourth-order valence-electron chi connectivity index (χ4n) is 3.53. The number of carbonyl (C=O) groups excluding carboxylic acids is 2. The molecule has 0 heterocycles. The lowest BCUT2D eigenvalue weighted by Gasteiger charge is -2.22. The van der Waals surface area contributed by atoms with Crippen LogP contribution in [0.2, 0.25) is 0 Å². The number of carboxylic acid groups (broad SMARTS) is 1. The Hall–Kier alpha value is -4.73. The Balaban J connectivity index is 1.97. The van der Waals surface area contributed by atoms with Crippen LogP contribution in [0.3, 0.4) is 0 Å². The number of nitro groups is 1. The summed E-state index contributed by atoms with van der Waals surface area (Å²) in [6.07, 6.45) is 0. The number of carbonyl (C=O) groups is 3. The largest absolute Gasteiger partial charge is 0.507 e. The Morgan fingerprint density at radius 1 is 0.806 bits per heavy atom. The van der Waals surface area contributed by atoms with Crippen LogP contribution in [0.25, 0.3) is 0 Å². The van der Waals surface area contributed by atoms with E-state index in [0.717, 1.165) is 18.2 Å². The zero-order valence-corrected chi connectivity index (χ0v) is 15.4. The molecule has 10 nitrogen and oxygen atoms in total. The zero-order valence-electron chi connectivity index (χ0n) is 15.4. The van der Waals surface area contributed by atoms with Gasteiger partial charge in [-0.1, -0.05) is 12.1 Å². The molecular formula is C21H12N2O8. The van der Waals surface area contributed by atoms with E-state index in [0.29, 0.717) is 0 Å². The van der Waals surface area contributed by atoms with E-state index >= 15 is 0 Å². The van der Waals surface area contributed by atoms with Crippen molar-refractivity contribution in [1.29, 1.82) is 0 Å². The molecule has 154 valence electrons. The van der Waals surface area contributed by atoms with Crippen LogP contribution in [0.15, 0.2) is 48.5 Å². The lowest BCUT2D eigenvalue weighted by Crippen LogP contribution is -2.24. The first kappa shape index (κ1) is 19.6. The van der Waals surface area contributed by atoms with E-state index in [2.05, 4.69) is 5.32 Å². The number of phenolic OH excluding ortho intramolecular Hbond substituents is 2. The number of carboxylic acids is 1. The molecule has 0 spiro atoms. The second-order valence-corrected chi connectivity index (χ2v) is 6.63. The molecule has 0 saturated heterocycles. The van der Waals surface area contributed by atoms with Gasteiger partial charge in [0.25, 0.3) is 5.69 Å². The van der Waals surface area contributed by atoms with Gasteiger partial charge in [-0.15, -0.1) is 0 Å². The third-order valence-corrected chi connectivity index (χ3v) is 4.88. The number of phenols is 2. The topological polar surface area (TPSA) is 167 Å². The molecule has 0 atom stereocenters. The van der Waals surface area contributed by atoms with Crippen molar-refractivity contribution >= 4 is 34.6 Å². The maximum absolute atomic E-state index is 13.3. The molecule has 0 saturated carbocycles. The van der Waals surface area contributed by atoms with Gasteiger partial charge in [-0.3, -0.25) is 19.7 Å². The fourth-order valence-corrected chi connectivity index (χ4v) is 3.53. The highest BCUT2D eigenvalue weighted by Crippen LogP contribution is 2.43. The van der Waals surface area contributed by atoms with Gasteiger partial charge < -0.3 is 20.6 Å². The highest BCUT2D eigenvalue weighted by atomic mass is 16.6. The summed E-state index contributed by atoms with van der Waals surface area (Å²) in [5, 5.41) is 43.9. The minimum absolute atomic E-state index is 0.0388. The number of nitro benzene ring substituents is 1. The predicted octanol–water partition coefficient (Wildman–Crippen LogP) is 3.22.